The van der Waals surface area contributed by atoms with Crippen LogP contribution in [0.25, 0.3) is 6.08 Å². The zero-order valence-electron chi connectivity index (χ0n) is 17.3. The third-order valence-corrected chi connectivity index (χ3v) is 4.22. The minimum atomic E-state index is -0.682. The number of amides is 2. The third-order valence-electron chi connectivity index (χ3n) is 4.22. The summed E-state index contributed by atoms with van der Waals surface area (Å²) in [5.41, 5.74) is 2.44. The standard InChI is InChI=1S/C23H28N2O4/c1-5-14-29-20-11-12-21(16(2)15-20)25-23(27)17(3)24-22(26)13-8-18-6-9-19(28-4)10-7-18/h6-13,15,17H,5,14H2,1-4H3,(H,24,26)(H,25,27). The number of carbonyl (C=O) groups is 2. The molecule has 0 aliphatic carbocycles. The molecule has 0 spiro atoms. The second-order valence-corrected chi connectivity index (χ2v) is 6.65. The lowest BCUT2D eigenvalue weighted by Gasteiger charge is -2.15. The third kappa shape index (κ3) is 6.99. The Bertz CT molecular complexity index is 860. The topological polar surface area (TPSA) is 76.7 Å². The quantitative estimate of drug-likeness (QED) is 0.629. The first-order chi connectivity index (χ1) is 13.9. The van der Waals surface area contributed by atoms with Crippen LogP contribution >= 0.6 is 0 Å². The molecule has 6 heteroatoms. The minimum Gasteiger partial charge on any atom is -0.497 e. The number of carbonyl (C=O) groups excluding carboxylic acids is 2. The summed E-state index contributed by atoms with van der Waals surface area (Å²) in [4.78, 5) is 24.5. The maximum atomic E-state index is 12.4. The lowest BCUT2D eigenvalue weighted by atomic mass is 10.1. The second kappa shape index (κ2) is 10.9. The van der Waals surface area contributed by atoms with Crippen LogP contribution in [0.1, 0.15) is 31.4 Å². The molecule has 29 heavy (non-hydrogen) atoms. The fraction of sp³-hybridized carbons (Fsp3) is 0.304. The Kier molecular flexibility index (Phi) is 8.27. The van der Waals surface area contributed by atoms with Crippen molar-refractivity contribution in [3.63, 3.8) is 0 Å². The van der Waals surface area contributed by atoms with Crippen molar-refractivity contribution in [1.82, 2.24) is 5.32 Å². The van der Waals surface area contributed by atoms with Crippen LogP contribution in [0.5, 0.6) is 11.5 Å². The molecule has 0 saturated carbocycles. The molecule has 2 aromatic rings. The highest BCUT2D eigenvalue weighted by Gasteiger charge is 2.15. The van der Waals surface area contributed by atoms with Crippen LogP contribution in [-0.2, 0) is 9.59 Å². The van der Waals surface area contributed by atoms with Crippen LogP contribution in [0.4, 0.5) is 5.69 Å². The number of methoxy groups -OCH3 is 1. The highest BCUT2D eigenvalue weighted by molar-refractivity contribution is 6.00. The highest BCUT2D eigenvalue weighted by Crippen LogP contribution is 2.21. The van der Waals surface area contributed by atoms with E-state index in [0.29, 0.717) is 12.3 Å². The molecule has 1 unspecified atom stereocenters. The smallest absolute Gasteiger partial charge is 0.246 e. The first-order valence-corrected chi connectivity index (χ1v) is 9.60. The number of anilines is 1. The molecule has 154 valence electrons. The van der Waals surface area contributed by atoms with E-state index in [0.717, 1.165) is 29.0 Å². The average Bonchev–Trinajstić information content (AvgIpc) is 2.72. The number of hydrogen-bond donors (Lipinski definition) is 2. The molecule has 2 rings (SSSR count). The summed E-state index contributed by atoms with van der Waals surface area (Å²) in [7, 11) is 1.60. The van der Waals surface area contributed by atoms with Gasteiger partial charge in [0.15, 0.2) is 0 Å². The number of aryl methyl sites for hydroxylation is 1. The van der Waals surface area contributed by atoms with Gasteiger partial charge in [-0.1, -0.05) is 19.1 Å². The van der Waals surface area contributed by atoms with Gasteiger partial charge in [0.05, 0.1) is 13.7 Å². The first-order valence-electron chi connectivity index (χ1n) is 9.60. The lowest BCUT2D eigenvalue weighted by Crippen LogP contribution is -2.40. The van der Waals surface area contributed by atoms with Gasteiger partial charge in [0.25, 0.3) is 0 Å². The van der Waals surface area contributed by atoms with Gasteiger partial charge in [-0.3, -0.25) is 9.59 Å². The van der Waals surface area contributed by atoms with Crippen molar-refractivity contribution in [2.75, 3.05) is 19.0 Å². The van der Waals surface area contributed by atoms with Crippen molar-refractivity contribution in [2.45, 2.75) is 33.2 Å². The van der Waals surface area contributed by atoms with Crippen molar-refractivity contribution < 1.29 is 19.1 Å². The number of benzene rings is 2. The van der Waals surface area contributed by atoms with Gasteiger partial charge < -0.3 is 20.1 Å². The fourth-order valence-electron chi connectivity index (χ4n) is 2.54. The van der Waals surface area contributed by atoms with Crippen molar-refractivity contribution in [3.8, 4) is 11.5 Å². The largest absolute Gasteiger partial charge is 0.497 e. The summed E-state index contributed by atoms with van der Waals surface area (Å²) in [6.45, 7) is 6.24. The predicted octanol–water partition coefficient (Wildman–Crippen LogP) is 3.95. The van der Waals surface area contributed by atoms with Gasteiger partial charge in [0.1, 0.15) is 17.5 Å². The highest BCUT2D eigenvalue weighted by atomic mass is 16.5. The second-order valence-electron chi connectivity index (χ2n) is 6.65. The normalized spacial score (nSPS) is 11.7. The Labute approximate surface area is 171 Å². The van der Waals surface area contributed by atoms with E-state index in [1.807, 2.05) is 50.2 Å². The summed E-state index contributed by atoms with van der Waals surface area (Å²) in [6, 6.07) is 12.1. The van der Waals surface area contributed by atoms with Gasteiger partial charge in [-0.15, -0.1) is 0 Å². The predicted molar refractivity (Wildman–Crippen MR) is 115 cm³/mol. The van der Waals surface area contributed by atoms with Crippen molar-refractivity contribution in [2.24, 2.45) is 0 Å². The molecule has 0 fully saturated rings. The molecule has 0 aromatic heterocycles. The number of nitrogens with one attached hydrogen (secondary N) is 2. The first kappa shape index (κ1) is 22.0. The molecule has 0 aliphatic heterocycles. The van der Waals surface area contributed by atoms with Crippen LogP contribution in [0, 0.1) is 6.92 Å². The van der Waals surface area contributed by atoms with Crippen LogP contribution in [0.3, 0.4) is 0 Å². The fourth-order valence-corrected chi connectivity index (χ4v) is 2.54. The van der Waals surface area contributed by atoms with Gasteiger partial charge in [-0.05, 0) is 67.8 Å². The Hall–Kier alpha value is -3.28. The lowest BCUT2D eigenvalue weighted by molar-refractivity contribution is -0.123. The summed E-state index contributed by atoms with van der Waals surface area (Å²) < 4.78 is 10.7. The van der Waals surface area contributed by atoms with Gasteiger partial charge in [0, 0.05) is 11.8 Å². The molecule has 2 N–H and O–H groups in total. The number of ether oxygens (including phenoxy) is 2. The maximum Gasteiger partial charge on any atom is 0.246 e. The molecule has 0 heterocycles. The van der Waals surface area contributed by atoms with E-state index in [1.165, 1.54) is 6.08 Å². The molecule has 2 aromatic carbocycles. The zero-order valence-corrected chi connectivity index (χ0v) is 17.3. The summed E-state index contributed by atoms with van der Waals surface area (Å²) in [5, 5.41) is 5.50. The van der Waals surface area contributed by atoms with Crippen molar-refractivity contribution in [3.05, 3.63) is 59.7 Å². The zero-order chi connectivity index (χ0) is 21.2. The molecular formula is C23H28N2O4. The van der Waals surface area contributed by atoms with E-state index in [2.05, 4.69) is 10.6 Å². The van der Waals surface area contributed by atoms with E-state index in [1.54, 1.807) is 26.2 Å². The van der Waals surface area contributed by atoms with Gasteiger partial charge in [-0.25, -0.2) is 0 Å². The van der Waals surface area contributed by atoms with E-state index in [4.69, 9.17) is 9.47 Å². The molecule has 6 nitrogen and oxygen atoms in total. The summed E-state index contributed by atoms with van der Waals surface area (Å²) in [6.07, 6.45) is 4.01. The Morgan fingerprint density at radius 2 is 1.79 bits per heavy atom. The maximum absolute atomic E-state index is 12.4. The molecule has 0 saturated heterocycles. The Balaban J connectivity index is 1.89. The van der Waals surface area contributed by atoms with E-state index in [-0.39, 0.29) is 11.8 Å². The summed E-state index contributed by atoms with van der Waals surface area (Å²) in [5.74, 6) is 0.884. The van der Waals surface area contributed by atoms with Crippen molar-refractivity contribution >= 4 is 23.6 Å². The molecular weight excluding hydrogens is 368 g/mol. The van der Waals surface area contributed by atoms with Gasteiger partial charge in [0.2, 0.25) is 11.8 Å². The van der Waals surface area contributed by atoms with Crippen molar-refractivity contribution in [1.29, 1.82) is 0 Å². The van der Waals surface area contributed by atoms with E-state index < -0.39 is 6.04 Å². The van der Waals surface area contributed by atoms with Gasteiger partial charge in [-0.2, -0.15) is 0 Å². The molecule has 0 aliphatic rings. The van der Waals surface area contributed by atoms with Crippen LogP contribution < -0.4 is 20.1 Å². The molecule has 0 bridgehead atoms. The van der Waals surface area contributed by atoms with E-state index >= 15 is 0 Å². The number of rotatable bonds is 9. The van der Waals surface area contributed by atoms with Crippen LogP contribution in [0.15, 0.2) is 48.5 Å². The van der Waals surface area contributed by atoms with Gasteiger partial charge >= 0.3 is 0 Å². The number of hydrogen-bond acceptors (Lipinski definition) is 4. The average molecular weight is 396 g/mol. The molecule has 1 atom stereocenters. The van der Waals surface area contributed by atoms with Crippen LogP contribution in [0.2, 0.25) is 0 Å². The monoisotopic (exact) mass is 396 g/mol. The molecule has 2 amide bonds. The van der Waals surface area contributed by atoms with Crippen LogP contribution in [-0.4, -0.2) is 31.6 Å². The SMILES string of the molecule is CCCOc1ccc(NC(=O)C(C)NC(=O)C=Cc2ccc(OC)cc2)c(C)c1. The Morgan fingerprint density at radius 1 is 1.10 bits per heavy atom. The minimum absolute atomic E-state index is 0.290. The van der Waals surface area contributed by atoms with E-state index in [9.17, 15) is 9.59 Å². The summed E-state index contributed by atoms with van der Waals surface area (Å²) >= 11 is 0. The Morgan fingerprint density at radius 3 is 2.41 bits per heavy atom. The molecule has 0 radical (unpaired) electrons.